The first-order chi connectivity index (χ1) is 16.2. The van der Waals surface area contributed by atoms with E-state index in [1.165, 1.54) is 6.20 Å². The summed E-state index contributed by atoms with van der Waals surface area (Å²) >= 11 is 1.68. The van der Waals surface area contributed by atoms with E-state index in [9.17, 15) is 4.79 Å². The van der Waals surface area contributed by atoms with Gasteiger partial charge in [-0.25, -0.2) is 9.97 Å². The summed E-state index contributed by atoms with van der Waals surface area (Å²) in [6, 6.07) is 20.6. The zero-order valence-electron chi connectivity index (χ0n) is 17.5. The number of carbonyl (C=O) groups excluding carboxylic acids is 1. The van der Waals surface area contributed by atoms with E-state index in [4.69, 9.17) is 4.74 Å². The molecule has 3 heterocycles. The third-order valence-electron chi connectivity index (χ3n) is 4.79. The van der Waals surface area contributed by atoms with Gasteiger partial charge >= 0.3 is 0 Å². The predicted octanol–water partition coefficient (Wildman–Crippen LogP) is 5.46. The Labute approximate surface area is 194 Å². The van der Waals surface area contributed by atoms with Gasteiger partial charge < -0.3 is 14.5 Å². The Balaban J connectivity index is 1.16. The molecule has 7 nitrogen and oxygen atoms in total. The Bertz CT molecular complexity index is 1340. The fourth-order valence-electron chi connectivity index (χ4n) is 3.18. The smallest absolute Gasteiger partial charge is 0.255 e. The van der Waals surface area contributed by atoms with Crippen molar-refractivity contribution in [2.45, 2.75) is 10.6 Å². The molecule has 33 heavy (non-hydrogen) atoms. The summed E-state index contributed by atoms with van der Waals surface area (Å²) < 4.78 is 7.63. The van der Waals surface area contributed by atoms with Gasteiger partial charge in [-0.3, -0.25) is 9.78 Å². The highest BCUT2D eigenvalue weighted by molar-refractivity contribution is 7.98. The average molecular weight is 454 g/mol. The van der Waals surface area contributed by atoms with Crippen LogP contribution in [0.5, 0.6) is 11.6 Å². The van der Waals surface area contributed by atoms with Gasteiger partial charge in [-0.15, -0.1) is 11.8 Å². The largest absolute Gasteiger partial charge is 0.438 e. The zero-order valence-corrected chi connectivity index (χ0v) is 18.3. The number of rotatable bonds is 7. The number of nitrogens with zero attached hydrogens (tertiary/aromatic N) is 4. The van der Waals surface area contributed by atoms with E-state index in [0.29, 0.717) is 22.9 Å². The van der Waals surface area contributed by atoms with Crippen LogP contribution in [0.25, 0.3) is 5.65 Å². The number of ether oxygens (including phenoxy) is 1. The van der Waals surface area contributed by atoms with Crippen LogP contribution in [0, 0.1) is 0 Å². The molecule has 8 heteroatoms. The van der Waals surface area contributed by atoms with Gasteiger partial charge in [0.25, 0.3) is 5.91 Å². The molecule has 5 rings (SSSR count). The molecule has 1 N–H and O–H groups in total. The summed E-state index contributed by atoms with van der Waals surface area (Å²) in [6.45, 7) is 0. The molecule has 2 aromatic carbocycles. The first-order valence-electron chi connectivity index (χ1n) is 10.2. The molecular weight excluding hydrogens is 434 g/mol. The molecule has 0 aliphatic carbocycles. The standard InChI is InChI=1S/C25H19N5O2S/c31-25(29-19-6-8-21(9-7-19)32-24-15-26-12-13-27-24)18-4-10-22(11-5-18)33-17-20-16-30-14-2-1-3-23(30)28-20/h1-16H,17H2,(H,29,31). The van der Waals surface area contributed by atoms with Crippen molar-refractivity contribution >= 4 is 29.0 Å². The van der Waals surface area contributed by atoms with Crippen molar-refractivity contribution in [3.63, 3.8) is 0 Å². The van der Waals surface area contributed by atoms with Gasteiger partial charge in [0.1, 0.15) is 11.4 Å². The molecule has 162 valence electrons. The van der Waals surface area contributed by atoms with E-state index in [0.717, 1.165) is 22.0 Å². The molecule has 0 aliphatic rings. The zero-order chi connectivity index (χ0) is 22.5. The fraction of sp³-hybridized carbons (Fsp3) is 0.0400. The van der Waals surface area contributed by atoms with E-state index in [1.54, 1.807) is 48.4 Å². The molecule has 0 saturated heterocycles. The highest BCUT2D eigenvalue weighted by atomic mass is 32.2. The minimum Gasteiger partial charge on any atom is -0.438 e. The summed E-state index contributed by atoms with van der Waals surface area (Å²) in [6.07, 6.45) is 8.70. The second-order valence-electron chi connectivity index (χ2n) is 7.14. The minimum atomic E-state index is -0.172. The van der Waals surface area contributed by atoms with E-state index < -0.39 is 0 Å². The van der Waals surface area contributed by atoms with E-state index >= 15 is 0 Å². The molecule has 0 unspecified atom stereocenters. The molecular formula is C25H19N5O2S. The van der Waals surface area contributed by atoms with Crippen molar-refractivity contribution in [1.29, 1.82) is 0 Å². The van der Waals surface area contributed by atoms with Gasteiger partial charge in [-0.1, -0.05) is 6.07 Å². The number of fused-ring (bicyclic) bond motifs is 1. The van der Waals surface area contributed by atoms with E-state index in [1.807, 2.05) is 59.3 Å². The maximum absolute atomic E-state index is 12.6. The van der Waals surface area contributed by atoms with Gasteiger partial charge in [-0.05, 0) is 60.7 Å². The van der Waals surface area contributed by atoms with Crippen LogP contribution >= 0.6 is 11.8 Å². The van der Waals surface area contributed by atoms with Crippen LogP contribution in [-0.2, 0) is 5.75 Å². The molecule has 1 amide bonds. The van der Waals surface area contributed by atoms with Gasteiger partial charge in [0.05, 0.1) is 11.9 Å². The van der Waals surface area contributed by atoms with E-state index in [2.05, 4.69) is 20.3 Å². The lowest BCUT2D eigenvalue weighted by atomic mass is 10.2. The van der Waals surface area contributed by atoms with Crippen molar-refractivity contribution in [3.05, 3.63) is 109 Å². The minimum absolute atomic E-state index is 0.172. The van der Waals surface area contributed by atoms with Gasteiger partial charge in [0.15, 0.2) is 0 Å². The molecule has 3 aromatic heterocycles. The van der Waals surface area contributed by atoms with Crippen molar-refractivity contribution < 1.29 is 9.53 Å². The number of thioether (sulfide) groups is 1. The number of hydrogen-bond donors (Lipinski definition) is 1. The number of imidazole rings is 1. The highest BCUT2D eigenvalue weighted by Crippen LogP contribution is 2.24. The van der Waals surface area contributed by atoms with Crippen molar-refractivity contribution in [3.8, 4) is 11.6 Å². The number of hydrogen-bond acceptors (Lipinski definition) is 6. The van der Waals surface area contributed by atoms with Crippen LogP contribution in [-0.4, -0.2) is 25.3 Å². The van der Waals surface area contributed by atoms with E-state index in [-0.39, 0.29) is 5.91 Å². The number of amides is 1. The SMILES string of the molecule is O=C(Nc1ccc(Oc2cnccn2)cc1)c1ccc(SCc2cn3ccccc3n2)cc1. The summed E-state index contributed by atoms with van der Waals surface area (Å²) in [4.78, 5) is 26.3. The topological polar surface area (TPSA) is 81.4 Å². The lowest BCUT2D eigenvalue weighted by molar-refractivity contribution is 0.102. The molecule has 0 bridgehead atoms. The Morgan fingerprint density at radius 2 is 1.85 bits per heavy atom. The Kier molecular flexibility index (Phi) is 5.99. The highest BCUT2D eigenvalue weighted by Gasteiger charge is 2.08. The second-order valence-corrected chi connectivity index (χ2v) is 8.18. The average Bonchev–Trinajstić information content (AvgIpc) is 3.28. The predicted molar refractivity (Wildman–Crippen MR) is 128 cm³/mol. The molecule has 0 radical (unpaired) electrons. The fourth-order valence-corrected chi connectivity index (χ4v) is 3.97. The monoisotopic (exact) mass is 453 g/mol. The Hall–Kier alpha value is -4.17. The normalized spacial score (nSPS) is 10.8. The Morgan fingerprint density at radius 3 is 2.61 bits per heavy atom. The second kappa shape index (κ2) is 9.54. The van der Waals surface area contributed by atoms with Crippen molar-refractivity contribution in [2.24, 2.45) is 0 Å². The first kappa shape index (κ1) is 20.7. The van der Waals surface area contributed by atoms with Crippen LogP contribution in [0.3, 0.4) is 0 Å². The summed E-state index contributed by atoms with van der Waals surface area (Å²) in [5.74, 6) is 1.61. The lowest BCUT2D eigenvalue weighted by Gasteiger charge is -2.08. The number of pyridine rings is 1. The van der Waals surface area contributed by atoms with Crippen molar-refractivity contribution in [2.75, 3.05) is 5.32 Å². The molecule has 0 saturated carbocycles. The van der Waals surface area contributed by atoms with Crippen LogP contribution in [0.1, 0.15) is 16.1 Å². The Morgan fingerprint density at radius 1 is 1.00 bits per heavy atom. The van der Waals surface area contributed by atoms with Crippen molar-refractivity contribution in [1.82, 2.24) is 19.4 Å². The number of carbonyl (C=O) groups is 1. The number of benzene rings is 2. The molecule has 0 atom stereocenters. The van der Waals surface area contributed by atoms with Gasteiger partial charge in [0, 0.05) is 46.7 Å². The molecule has 0 fully saturated rings. The van der Waals surface area contributed by atoms with Crippen LogP contribution < -0.4 is 10.1 Å². The molecule has 5 aromatic rings. The van der Waals surface area contributed by atoms with Crippen LogP contribution in [0.2, 0.25) is 0 Å². The summed E-state index contributed by atoms with van der Waals surface area (Å²) in [5, 5.41) is 2.90. The maximum atomic E-state index is 12.6. The third-order valence-corrected chi connectivity index (χ3v) is 5.84. The van der Waals surface area contributed by atoms with Crippen LogP contribution in [0.15, 0.2) is 103 Å². The molecule has 0 aliphatic heterocycles. The quantitative estimate of drug-likeness (QED) is 0.330. The number of aromatic nitrogens is 4. The number of anilines is 1. The summed E-state index contributed by atoms with van der Waals surface area (Å²) in [5.41, 5.74) is 3.22. The summed E-state index contributed by atoms with van der Waals surface area (Å²) in [7, 11) is 0. The van der Waals surface area contributed by atoms with Crippen LogP contribution in [0.4, 0.5) is 5.69 Å². The van der Waals surface area contributed by atoms with Gasteiger partial charge in [0.2, 0.25) is 5.88 Å². The third kappa shape index (κ3) is 5.19. The lowest BCUT2D eigenvalue weighted by Crippen LogP contribution is -2.11. The number of nitrogens with one attached hydrogen (secondary N) is 1. The molecule has 0 spiro atoms. The maximum Gasteiger partial charge on any atom is 0.255 e. The van der Waals surface area contributed by atoms with Gasteiger partial charge in [-0.2, -0.15) is 0 Å². The first-order valence-corrected chi connectivity index (χ1v) is 11.2.